The van der Waals surface area contributed by atoms with Crippen LogP contribution in [0.5, 0.6) is 0 Å². The molecule has 0 N–H and O–H groups in total. The van der Waals surface area contributed by atoms with Gasteiger partial charge in [-0.05, 0) is 32.5 Å². The van der Waals surface area contributed by atoms with E-state index < -0.39 is 0 Å². The van der Waals surface area contributed by atoms with Gasteiger partial charge >= 0.3 is 0 Å². The summed E-state index contributed by atoms with van der Waals surface area (Å²) in [4.78, 5) is 13.9. The van der Waals surface area contributed by atoms with E-state index in [0.29, 0.717) is 6.04 Å². The smallest absolute Gasteiger partial charge is 0.148 e. The maximum atomic E-state index is 4.81. The Balaban J connectivity index is 1.65. The van der Waals surface area contributed by atoms with E-state index in [1.807, 2.05) is 18.5 Å². The van der Waals surface area contributed by atoms with Crippen LogP contribution in [0.2, 0.25) is 0 Å². The van der Waals surface area contributed by atoms with Crippen molar-refractivity contribution < 1.29 is 0 Å². The molecule has 0 bridgehead atoms. The minimum absolute atomic E-state index is 0.603. The summed E-state index contributed by atoms with van der Waals surface area (Å²) in [7, 11) is 4.32. The van der Waals surface area contributed by atoms with E-state index in [4.69, 9.17) is 4.98 Å². The molecule has 3 rings (SSSR count). The summed E-state index contributed by atoms with van der Waals surface area (Å²) in [6.45, 7) is 2.11. The van der Waals surface area contributed by atoms with Gasteiger partial charge in [-0.25, -0.2) is 4.98 Å². The highest BCUT2D eigenvalue weighted by atomic mass is 32.2. The van der Waals surface area contributed by atoms with Crippen molar-refractivity contribution in [2.75, 3.05) is 32.1 Å². The SMILES string of the molecule is CN(C)C1CCCN(c2cncc(SCc3ccccc3)n2)C1. The molecule has 1 saturated heterocycles. The van der Waals surface area contributed by atoms with Crippen LogP contribution in [-0.4, -0.2) is 48.1 Å². The lowest BCUT2D eigenvalue weighted by atomic mass is 10.1. The number of nitrogens with zero attached hydrogens (tertiary/aromatic N) is 4. The van der Waals surface area contributed by atoms with Crippen molar-refractivity contribution in [1.82, 2.24) is 14.9 Å². The number of piperidine rings is 1. The summed E-state index contributed by atoms with van der Waals surface area (Å²) in [6, 6.07) is 11.1. The third-order valence-electron chi connectivity index (χ3n) is 4.28. The van der Waals surface area contributed by atoms with Crippen LogP contribution in [0.1, 0.15) is 18.4 Å². The summed E-state index contributed by atoms with van der Waals surface area (Å²) >= 11 is 1.75. The first-order valence-corrected chi connectivity index (χ1v) is 9.11. The molecule has 1 aromatic carbocycles. The predicted octanol–water partition coefficient (Wildman–Crippen LogP) is 3.30. The van der Waals surface area contributed by atoms with E-state index in [1.165, 1.54) is 18.4 Å². The Morgan fingerprint density at radius 2 is 2.04 bits per heavy atom. The largest absolute Gasteiger partial charge is 0.354 e. The average Bonchev–Trinajstić information content (AvgIpc) is 2.61. The second-order valence-electron chi connectivity index (χ2n) is 6.20. The molecule has 2 heterocycles. The molecule has 0 amide bonds. The highest BCUT2D eigenvalue weighted by Crippen LogP contribution is 2.24. The van der Waals surface area contributed by atoms with Gasteiger partial charge in [-0.15, -0.1) is 11.8 Å². The molecule has 122 valence electrons. The number of likely N-dealkylation sites (N-methyl/N-ethyl adjacent to an activating group) is 1. The predicted molar refractivity (Wildman–Crippen MR) is 97.0 cm³/mol. The van der Waals surface area contributed by atoms with Gasteiger partial charge in [0.2, 0.25) is 0 Å². The summed E-state index contributed by atoms with van der Waals surface area (Å²) < 4.78 is 0. The number of thioether (sulfide) groups is 1. The molecular weight excluding hydrogens is 304 g/mol. The van der Waals surface area contributed by atoms with Gasteiger partial charge in [-0.2, -0.15) is 0 Å². The highest BCUT2D eigenvalue weighted by Gasteiger charge is 2.22. The normalized spacial score (nSPS) is 18.4. The molecule has 23 heavy (non-hydrogen) atoms. The molecule has 1 atom stereocenters. The molecule has 2 aromatic rings. The van der Waals surface area contributed by atoms with Crippen molar-refractivity contribution in [1.29, 1.82) is 0 Å². The average molecular weight is 328 g/mol. The third kappa shape index (κ3) is 4.45. The van der Waals surface area contributed by atoms with Gasteiger partial charge in [0.25, 0.3) is 0 Å². The molecule has 0 spiro atoms. The maximum absolute atomic E-state index is 4.81. The van der Waals surface area contributed by atoms with Gasteiger partial charge in [-0.1, -0.05) is 30.3 Å². The Morgan fingerprint density at radius 1 is 1.22 bits per heavy atom. The highest BCUT2D eigenvalue weighted by molar-refractivity contribution is 7.98. The molecule has 0 aliphatic carbocycles. The Bertz CT molecular complexity index is 617. The zero-order valence-corrected chi connectivity index (χ0v) is 14.7. The molecule has 4 nitrogen and oxygen atoms in total. The standard InChI is InChI=1S/C18H24N4S/c1-21(2)16-9-6-10-22(13-16)17-11-19-12-18(20-17)23-14-15-7-4-3-5-8-15/h3-5,7-8,11-12,16H,6,9-10,13-14H2,1-2H3. The van der Waals surface area contributed by atoms with Crippen LogP contribution in [0.3, 0.4) is 0 Å². The molecular formula is C18H24N4S. The first-order valence-electron chi connectivity index (χ1n) is 8.12. The van der Waals surface area contributed by atoms with Crippen LogP contribution >= 0.6 is 11.8 Å². The Hall–Kier alpha value is -1.59. The van der Waals surface area contributed by atoms with Gasteiger partial charge in [-0.3, -0.25) is 4.98 Å². The Kier molecular flexibility index (Phi) is 5.51. The fourth-order valence-electron chi connectivity index (χ4n) is 2.88. The molecule has 0 saturated carbocycles. The van der Waals surface area contributed by atoms with Crippen LogP contribution in [0.4, 0.5) is 5.82 Å². The van der Waals surface area contributed by atoms with Crippen LogP contribution in [0, 0.1) is 0 Å². The first-order chi connectivity index (χ1) is 11.2. The van der Waals surface area contributed by atoms with Crippen molar-refractivity contribution in [3.8, 4) is 0 Å². The molecule has 1 aliphatic rings. The lowest BCUT2D eigenvalue weighted by molar-refractivity contribution is 0.257. The number of aromatic nitrogens is 2. The van der Waals surface area contributed by atoms with Crippen LogP contribution < -0.4 is 4.90 Å². The molecule has 5 heteroatoms. The fraction of sp³-hybridized carbons (Fsp3) is 0.444. The van der Waals surface area contributed by atoms with Crippen molar-refractivity contribution in [2.24, 2.45) is 0 Å². The number of rotatable bonds is 5. The minimum Gasteiger partial charge on any atom is -0.354 e. The van der Waals surface area contributed by atoms with Crippen LogP contribution in [0.15, 0.2) is 47.8 Å². The van der Waals surface area contributed by atoms with Gasteiger partial charge < -0.3 is 9.80 Å². The molecule has 1 fully saturated rings. The fourth-order valence-corrected chi connectivity index (χ4v) is 3.68. The molecule has 1 unspecified atom stereocenters. The molecule has 0 radical (unpaired) electrons. The second-order valence-corrected chi connectivity index (χ2v) is 7.19. The lowest BCUT2D eigenvalue weighted by Gasteiger charge is -2.36. The van der Waals surface area contributed by atoms with Crippen molar-refractivity contribution in [3.63, 3.8) is 0 Å². The van der Waals surface area contributed by atoms with Gasteiger partial charge in [0.15, 0.2) is 0 Å². The lowest BCUT2D eigenvalue weighted by Crippen LogP contribution is -2.45. The third-order valence-corrected chi connectivity index (χ3v) is 5.25. The topological polar surface area (TPSA) is 32.3 Å². The zero-order chi connectivity index (χ0) is 16.1. The summed E-state index contributed by atoms with van der Waals surface area (Å²) in [5, 5.41) is 0.998. The Morgan fingerprint density at radius 3 is 2.83 bits per heavy atom. The number of hydrogen-bond donors (Lipinski definition) is 0. The van der Waals surface area contributed by atoms with Gasteiger partial charge in [0.1, 0.15) is 10.8 Å². The van der Waals surface area contributed by atoms with E-state index in [-0.39, 0.29) is 0 Å². The summed E-state index contributed by atoms with van der Waals surface area (Å²) in [5.74, 6) is 1.94. The number of benzene rings is 1. The zero-order valence-electron chi connectivity index (χ0n) is 13.9. The van der Waals surface area contributed by atoms with Crippen LogP contribution in [0.25, 0.3) is 0 Å². The van der Waals surface area contributed by atoms with Gasteiger partial charge in [0.05, 0.1) is 12.4 Å². The van der Waals surface area contributed by atoms with Crippen LogP contribution in [-0.2, 0) is 5.75 Å². The van der Waals surface area contributed by atoms with Gasteiger partial charge in [0, 0.05) is 24.9 Å². The second kappa shape index (κ2) is 7.79. The number of anilines is 1. The van der Waals surface area contributed by atoms with E-state index in [0.717, 1.165) is 29.7 Å². The van der Waals surface area contributed by atoms with Crippen molar-refractivity contribution in [2.45, 2.75) is 29.7 Å². The number of hydrogen-bond acceptors (Lipinski definition) is 5. The minimum atomic E-state index is 0.603. The summed E-state index contributed by atoms with van der Waals surface area (Å²) in [6.07, 6.45) is 6.24. The summed E-state index contributed by atoms with van der Waals surface area (Å²) in [5.41, 5.74) is 1.32. The maximum Gasteiger partial charge on any atom is 0.148 e. The Labute approximate surface area is 142 Å². The van der Waals surface area contributed by atoms with E-state index in [1.54, 1.807) is 11.8 Å². The van der Waals surface area contributed by atoms with E-state index >= 15 is 0 Å². The van der Waals surface area contributed by atoms with E-state index in [9.17, 15) is 0 Å². The van der Waals surface area contributed by atoms with Crippen molar-refractivity contribution in [3.05, 3.63) is 48.3 Å². The monoisotopic (exact) mass is 328 g/mol. The molecule has 1 aliphatic heterocycles. The van der Waals surface area contributed by atoms with Crippen molar-refractivity contribution >= 4 is 17.6 Å². The molecule has 1 aromatic heterocycles. The van der Waals surface area contributed by atoms with E-state index in [2.05, 4.69) is 53.1 Å². The quantitative estimate of drug-likeness (QED) is 0.786. The first kappa shape index (κ1) is 16.3.